The predicted molar refractivity (Wildman–Crippen MR) is 79.1 cm³/mol. The summed E-state index contributed by atoms with van der Waals surface area (Å²) in [7, 11) is 0. The molecule has 0 aliphatic carbocycles. The van der Waals surface area contributed by atoms with Gasteiger partial charge in [-0.25, -0.2) is 4.98 Å². The fourth-order valence-corrected chi connectivity index (χ4v) is 3.40. The summed E-state index contributed by atoms with van der Waals surface area (Å²) in [5, 5.41) is 1.75. The van der Waals surface area contributed by atoms with Crippen LogP contribution in [0.3, 0.4) is 0 Å². The zero-order chi connectivity index (χ0) is 13.0. The molecule has 2 nitrogen and oxygen atoms in total. The summed E-state index contributed by atoms with van der Waals surface area (Å²) in [6.45, 7) is 9.14. The van der Waals surface area contributed by atoms with Crippen molar-refractivity contribution >= 4 is 11.8 Å². The molecule has 1 aromatic heterocycles. The second kappa shape index (κ2) is 6.58. The molecule has 2 rings (SSSR count). The zero-order valence-corrected chi connectivity index (χ0v) is 12.5. The molecule has 0 N–H and O–H groups in total. The van der Waals surface area contributed by atoms with Gasteiger partial charge in [0.25, 0.3) is 0 Å². The average Bonchev–Trinajstić information content (AvgIpc) is 2.78. The van der Waals surface area contributed by atoms with Crippen molar-refractivity contribution in [2.75, 3.05) is 13.1 Å². The highest BCUT2D eigenvalue weighted by molar-refractivity contribution is 7.99. The third-order valence-electron chi connectivity index (χ3n) is 3.37. The number of nitrogens with zero attached hydrogens (tertiary/aromatic N) is 2. The normalized spacial score (nSPS) is 20.8. The highest BCUT2D eigenvalue weighted by Gasteiger charge is 2.25. The molecule has 2 heterocycles. The molecule has 1 aliphatic rings. The topological polar surface area (TPSA) is 16.1 Å². The van der Waals surface area contributed by atoms with Crippen molar-refractivity contribution < 1.29 is 0 Å². The second-order valence-corrected chi connectivity index (χ2v) is 6.89. The van der Waals surface area contributed by atoms with Crippen molar-refractivity contribution in [1.29, 1.82) is 0 Å². The van der Waals surface area contributed by atoms with E-state index in [1.54, 1.807) is 0 Å². The molecule has 1 saturated heterocycles. The maximum Gasteiger partial charge on any atom is 0.0962 e. The fourth-order valence-electron chi connectivity index (χ4n) is 2.66. The van der Waals surface area contributed by atoms with E-state index in [9.17, 15) is 0 Å². The van der Waals surface area contributed by atoms with Crippen molar-refractivity contribution in [3.8, 4) is 0 Å². The minimum absolute atomic E-state index is 0.603. The van der Waals surface area contributed by atoms with Gasteiger partial charge in [-0.3, -0.25) is 4.90 Å². The molecule has 0 aromatic carbocycles. The molecule has 3 heteroatoms. The van der Waals surface area contributed by atoms with Gasteiger partial charge in [0.15, 0.2) is 0 Å². The van der Waals surface area contributed by atoms with E-state index in [1.165, 1.54) is 37.9 Å². The van der Waals surface area contributed by atoms with Gasteiger partial charge in [-0.2, -0.15) is 0 Å². The van der Waals surface area contributed by atoms with Gasteiger partial charge < -0.3 is 0 Å². The average molecular weight is 264 g/mol. The Kier molecular flexibility index (Phi) is 5.07. The monoisotopic (exact) mass is 264 g/mol. The van der Waals surface area contributed by atoms with Gasteiger partial charge in [-0.1, -0.05) is 26.8 Å². The lowest BCUT2D eigenvalue weighted by atomic mass is 10.1. The summed E-state index contributed by atoms with van der Waals surface area (Å²) in [4.78, 5) is 7.20. The Labute approximate surface area is 115 Å². The number of likely N-dealkylation sites (tertiary alicyclic amines) is 1. The molecule has 0 saturated carbocycles. The first-order chi connectivity index (χ1) is 8.70. The number of thioether (sulfide) groups is 1. The standard InChI is InChI=1S/C15H24N2S/c1-4-9-17-10-5-6-14(17)13-7-8-15(16-11-13)18-12(2)3/h7-8,11-12,14H,4-6,9-10H2,1-3H3/t14-/m0/s1. The first-order valence-corrected chi connectivity index (χ1v) is 7.95. The Morgan fingerprint density at radius 3 is 2.89 bits per heavy atom. The van der Waals surface area contributed by atoms with Crippen LogP contribution in [-0.4, -0.2) is 28.2 Å². The summed E-state index contributed by atoms with van der Waals surface area (Å²) < 4.78 is 0. The predicted octanol–water partition coefficient (Wildman–Crippen LogP) is 4.13. The van der Waals surface area contributed by atoms with Crippen LogP contribution in [-0.2, 0) is 0 Å². The molecule has 0 bridgehead atoms. The fraction of sp³-hybridized carbons (Fsp3) is 0.667. The van der Waals surface area contributed by atoms with Crippen LogP contribution in [0.2, 0.25) is 0 Å². The number of aromatic nitrogens is 1. The maximum absolute atomic E-state index is 4.59. The number of rotatable bonds is 5. The SMILES string of the molecule is CCCN1CCC[C@H]1c1ccc(SC(C)C)nc1. The van der Waals surface area contributed by atoms with Crippen molar-refractivity contribution in [3.63, 3.8) is 0 Å². The number of hydrogen-bond donors (Lipinski definition) is 0. The van der Waals surface area contributed by atoms with Gasteiger partial charge in [0.05, 0.1) is 5.03 Å². The summed E-state index contributed by atoms with van der Waals surface area (Å²) in [5.74, 6) is 0. The van der Waals surface area contributed by atoms with Crippen molar-refractivity contribution in [2.24, 2.45) is 0 Å². The molecule has 1 aliphatic heterocycles. The summed E-state index contributed by atoms with van der Waals surface area (Å²) in [5.41, 5.74) is 1.40. The smallest absolute Gasteiger partial charge is 0.0962 e. The Morgan fingerprint density at radius 2 is 2.28 bits per heavy atom. The quantitative estimate of drug-likeness (QED) is 0.744. The first-order valence-electron chi connectivity index (χ1n) is 7.07. The molecule has 0 radical (unpaired) electrons. The first kappa shape index (κ1) is 13.9. The van der Waals surface area contributed by atoms with E-state index in [-0.39, 0.29) is 0 Å². The van der Waals surface area contributed by atoms with Gasteiger partial charge in [0, 0.05) is 17.5 Å². The Balaban J connectivity index is 2.04. The maximum atomic E-state index is 4.59. The molecule has 100 valence electrons. The van der Waals surface area contributed by atoms with E-state index in [2.05, 4.69) is 49.0 Å². The Morgan fingerprint density at radius 1 is 1.44 bits per heavy atom. The van der Waals surface area contributed by atoms with Crippen molar-refractivity contribution in [2.45, 2.75) is 56.4 Å². The third-order valence-corrected chi connectivity index (χ3v) is 4.33. The lowest BCUT2D eigenvalue weighted by Crippen LogP contribution is -2.24. The molecular formula is C15H24N2S. The van der Waals surface area contributed by atoms with Crippen LogP contribution in [0.15, 0.2) is 23.4 Å². The van der Waals surface area contributed by atoms with Crippen LogP contribution < -0.4 is 0 Å². The largest absolute Gasteiger partial charge is 0.296 e. The lowest BCUT2D eigenvalue weighted by molar-refractivity contribution is 0.257. The molecule has 0 unspecified atom stereocenters. The van der Waals surface area contributed by atoms with Gasteiger partial charge in [0.1, 0.15) is 0 Å². The van der Waals surface area contributed by atoms with Crippen molar-refractivity contribution in [3.05, 3.63) is 23.9 Å². The second-order valence-electron chi connectivity index (χ2n) is 5.29. The van der Waals surface area contributed by atoms with Gasteiger partial charge >= 0.3 is 0 Å². The van der Waals surface area contributed by atoms with Crippen LogP contribution >= 0.6 is 11.8 Å². The van der Waals surface area contributed by atoms with Crippen LogP contribution in [0.4, 0.5) is 0 Å². The molecule has 18 heavy (non-hydrogen) atoms. The highest BCUT2D eigenvalue weighted by Crippen LogP contribution is 2.32. The summed E-state index contributed by atoms with van der Waals surface area (Å²) in [6, 6.07) is 5.06. The van der Waals surface area contributed by atoms with E-state index >= 15 is 0 Å². The van der Waals surface area contributed by atoms with Gasteiger partial charge in [-0.05, 0) is 44.0 Å². The molecule has 0 spiro atoms. The Bertz CT molecular complexity index is 361. The highest BCUT2D eigenvalue weighted by atomic mass is 32.2. The van der Waals surface area contributed by atoms with Crippen LogP contribution in [0.1, 0.15) is 51.6 Å². The van der Waals surface area contributed by atoms with E-state index in [4.69, 9.17) is 0 Å². The van der Waals surface area contributed by atoms with E-state index in [0.29, 0.717) is 11.3 Å². The number of hydrogen-bond acceptors (Lipinski definition) is 3. The third kappa shape index (κ3) is 3.48. The van der Waals surface area contributed by atoms with Gasteiger partial charge in [-0.15, -0.1) is 11.8 Å². The summed E-state index contributed by atoms with van der Waals surface area (Å²) >= 11 is 1.84. The van der Waals surface area contributed by atoms with Crippen molar-refractivity contribution in [1.82, 2.24) is 9.88 Å². The van der Waals surface area contributed by atoms with E-state index in [0.717, 1.165) is 5.03 Å². The summed E-state index contributed by atoms with van der Waals surface area (Å²) in [6.07, 6.45) is 5.94. The van der Waals surface area contributed by atoms with E-state index < -0.39 is 0 Å². The minimum atomic E-state index is 0.603. The van der Waals surface area contributed by atoms with Crippen LogP contribution in [0, 0.1) is 0 Å². The molecular weight excluding hydrogens is 240 g/mol. The molecule has 0 amide bonds. The Hall–Kier alpha value is -0.540. The molecule has 1 fully saturated rings. The molecule has 1 aromatic rings. The van der Waals surface area contributed by atoms with Gasteiger partial charge in [0.2, 0.25) is 0 Å². The lowest BCUT2D eigenvalue weighted by Gasteiger charge is -2.24. The van der Waals surface area contributed by atoms with Crippen LogP contribution in [0.25, 0.3) is 0 Å². The molecule has 1 atom stereocenters. The van der Waals surface area contributed by atoms with Crippen LogP contribution in [0.5, 0.6) is 0 Å². The zero-order valence-electron chi connectivity index (χ0n) is 11.7. The minimum Gasteiger partial charge on any atom is -0.296 e. The van der Waals surface area contributed by atoms with E-state index in [1.807, 2.05) is 11.8 Å². The number of pyridine rings is 1.